The van der Waals surface area contributed by atoms with Crippen LogP contribution in [0, 0.1) is 0 Å². The molecule has 3 rings (SSSR count). The molecule has 2 atom stereocenters. The Hall–Kier alpha value is -0.420. The molecule has 1 N–H and O–H groups in total. The Morgan fingerprint density at radius 1 is 1.61 bits per heavy atom. The molecule has 1 saturated heterocycles. The van der Waals surface area contributed by atoms with Crippen LogP contribution in [-0.4, -0.2) is 25.5 Å². The van der Waals surface area contributed by atoms with Gasteiger partial charge in [0.15, 0.2) is 6.29 Å². The molecule has 0 unspecified atom stereocenters. The largest absolute Gasteiger partial charge is 0.369 e. The summed E-state index contributed by atoms with van der Waals surface area (Å²) in [5.74, 6) is 0. The lowest BCUT2D eigenvalue weighted by atomic mass is 9.82. The van der Waals surface area contributed by atoms with E-state index in [1.165, 1.54) is 16.2 Å². The molecule has 0 saturated carbocycles. The van der Waals surface area contributed by atoms with E-state index in [0.717, 1.165) is 37.7 Å². The Morgan fingerprint density at radius 3 is 3.17 bits per heavy atom. The molecular formula is C13H16ClNO2S. The minimum Gasteiger partial charge on any atom is -0.369 e. The third-order valence-corrected chi connectivity index (χ3v) is 5.58. The number of hydrogen-bond acceptors (Lipinski definition) is 4. The van der Waals surface area contributed by atoms with E-state index in [2.05, 4.69) is 12.2 Å². The number of thiophene rings is 1. The summed E-state index contributed by atoms with van der Waals surface area (Å²) in [5.41, 5.74) is 1.60. The van der Waals surface area contributed by atoms with Crippen LogP contribution in [0.2, 0.25) is 4.34 Å². The van der Waals surface area contributed by atoms with Gasteiger partial charge < -0.3 is 10.1 Å². The van der Waals surface area contributed by atoms with E-state index in [-0.39, 0.29) is 5.60 Å². The monoisotopic (exact) mass is 285 g/mol. The lowest BCUT2D eigenvalue weighted by Gasteiger charge is -2.42. The number of aldehydes is 1. The zero-order valence-electron chi connectivity index (χ0n) is 10.3. The van der Waals surface area contributed by atoms with E-state index in [0.29, 0.717) is 22.5 Å². The molecule has 3 nitrogen and oxygen atoms in total. The molecule has 2 aliphatic heterocycles. The lowest BCUT2D eigenvalue weighted by molar-refractivity contribution is -0.0849. The molecular weight excluding hydrogens is 270 g/mol. The van der Waals surface area contributed by atoms with Gasteiger partial charge in [0.2, 0.25) is 0 Å². The quantitative estimate of drug-likeness (QED) is 0.807. The Labute approximate surface area is 115 Å². The first kappa shape index (κ1) is 12.6. The number of nitrogens with one attached hydrogen (secondary N) is 1. The van der Waals surface area contributed by atoms with Crippen molar-refractivity contribution in [3.63, 3.8) is 0 Å². The number of piperidine rings is 1. The van der Waals surface area contributed by atoms with E-state index < -0.39 is 0 Å². The normalized spacial score (nSPS) is 31.3. The highest BCUT2D eigenvalue weighted by atomic mass is 35.5. The molecule has 0 radical (unpaired) electrons. The molecule has 1 aromatic heterocycles. The fourth-order valence-corrected chi connectivity index (χ4v) is 4.74. The summed E-state index contributed by atoms with van der Waals surface area (Å²) in [6, 6.07) is 0.435. The predicted molar refractivity (Wildman–Crippen MR) is 72.7 cm³/mol. The third-order valence-electron chi connectivity index (χ3n) is 3.92. The van der Waals surface area contributed by atoms with Crippen molar-refractivity contribution in [2.75, 3.05) is 13.2 Å². The molecule has 98 valence electrons. The SMILES string of the molecule is C[C@H]1C[C@@]2(CCN1)OCCc1c2sc(Cl)c1C=O. The molecule has 0 aromatic carbocycles. The molecule has 2 aliphatic rings. The van der Waals surface area contributed by atoms with E-state index in [9.17, 15) is 4.79 Å². The second kappa shape index (κ2) is 4.60. The van der Waals surface area contributed by atoms with Gasteiger partial charge in [0.25, 0.3) is 0 Å². The third kappa shape index (κ3) is 1.83. The fourth-order valence-electron chi connectivity index (χ4n) is 3.12. The van der Waals surface area contributed by atoms with Gasteiger partial charge in [-0.05, 0) is 38.3 Å². The van der Waals surface area contributed by atoms with Crippen LogP contribution in [0.3, 0.4) is 0 Å². The van der Waals surface area contributed by atoms with Gasteiger partial charge >= 0.3 is 0 Å². The van der Waals surface area contributed by atoms with E-state index >= 15 is 0 Å². The minimum atomic E-state index is -0.214. The van der Waals surface area contributed by atoms with Crippen molar-refractivity contribution in [1.82, 2.24) is 5.32 Å². The standard InChI is InChI=1S/C13H16ClNO2S/c1-8-6-13(3-4-15-8)11-9(2-5-17-13)10(7-16)12(14)18-11/h7-8,15H,2-6H2,1H3/t8-,13+/m0/s1. The van der Waals surface area contributed by atoms with Crippen molar-refractivity contribution in [3.8, 4) is 0 Å². The van der Waals surface area contributed by atoms with Crippen molar-refractivity contribution < 1.29 is 9.53 Å². The Balaban J connectivity index is 2.09. The molecule has 1 aromatic rings. The number of carbonyl (C=O) groups is 1. The van der Waals surface area contributed by atoms with Crippen LogP contribution in [0.4, 0.5) is 0 Å². The second-order valence-electron chi connectivity index (χ2n) is 5.12. The summed E-state index contributed by atoms with van der Waals surface area (Å²) >= 11 is 7.72. The summed E-state index contributed by atoms with van der Waals surface area (Å²) < 4.78 is 6.73. The first-order valence-corrected chi connectivity index (χ1v) is 7.50. The van der Waals surface area contributed by atoms with Gasteiger partial charge in [-0.2, -0.15) is 0 Å². The highest BCUT2D eigenvalue weighted by Crippen LogP contribution is 2.48. The van der Waals surface area contributed by atoms with Crippen molar-refractivity contribution in [2.45, 2.75) is 37.8 Å². The number of halogens is 1. The molecule has 3 heterocycles. The lowest BCUT2D eigenvalue weighted by Crippen LogP contribution is -2.48. The van der Waals surface area contributed by atoms with E-state index in [4.69, 9.17) is 16.3 Å². The maximum atomic E-state index is 11.2. The maximum absolute atomic E-state index is 11.2. The van der Waals surface area contributed by atoms with Gasteiger partial charge in [-0.25, -0.2) is 0 Å². The Morgan fingerprint density at radius 2 is 2.44 bits per heavy atom. The van der Waals surface area contributed by atoms with Crippen LogP contribution >= 0.6 is 22.9 Å². The first-order chi connectivity index (χ1) is 8.66. The topological polar surface area (TPSA) is 38.3 Å². The number of rotatable bonds is 1. The van der Waals surface area contributed by atoms with E-state index in [1.54, 1.807) is 0 Å². The Kier molecular flexibility index (Phi) is 3.22. The molecule has 1 spiro atoms. The second-order valence-corrected chi connectivity index (χ2v) is 6.74. The van der Waals surface area contributed by atoms with Crippen LogP contribution in [-0.2, 0) is 16.8 Å². The van der Waals surface area contributed by atoms with Crippen LogP contribution < -0.4 is 5.32 Å². The number of hydrogen-bond donors (Lipinski definition) is 1. The van der Waals surface area contributed by atoms with Gasteiger partial charge in [0.1, 0.15) is 9.94 Å². The molecule has 18 heavy (non-hydrogen) atoms. The highest BCUT2D eigenvalue weighted by Gasteiger charge is 2.43. The van der Waals surface area contributed by atoms with Crippen molar-refractivity contribution >= 4 is 29.2 Å². The average Bonchev–Trinajstić information content (AvgIpc) is 2.67. The smallest absolute Gasteiger partial charge is 0.152 e. The predicted octanol–water partition coefficient (Wildman–Crippen LogP) is 2.75. The van der Waals surface area contributed by atoms with Crippen LogP contribution in [0.15, 0.2) is 0 Å². The number of carbonyl (C=O) groups excluding carboxylic acids is 1. The minimum absolute atomic E-state index is 0.214. The average molecular weight is 286 g/mol. The van der Waals surface area contributed by atoms with Crippen LogP contribution in [0.5, 0.6) is 0 Å². The summed E-state index contributed by atoms with van der Waals surface area (Å²) in [4.78, 5) is 12.4. The zero-order valence-corrected chi connectivity index (χ0v) is 11.9. The van der Waals surface area contributed by atoms with Gasteiger partial charge in [-0.1, -0.05) is 11.6 Å². The number of ether oxygens (including phenoxy) is 1. The summed E-state index contributed by atoms with van der Waals surface area (Å²) in [6.45, 7) is 3.81. The number of fused-ring (bicyclic) bond motifs is 2. The van der Waals surface area contributed by atoms with Crippen molar-refractivity contribution in [1.29, 1.82) is 0 Å². The van der Waals surface area contributed by atoms with Crippen molar-refractivity contribution in [2.24, 2.45) is 0 Å². The van der Waals surface area contributed by atoms with Crippen molar-refractivity contribution in [3.05, 3.63) is 20.3 Å². The van der Waals surface area contributed by atoms with Crippen LogP contribution in [0.1, 0.15) is 40.6 Å². The molecule has 5 heteroatoms. The van der Waals surface area contributed by atoms with Gasteiger partial charge in [-0.15, -0.1) is 11.3 Å². The fraction of sp³-hybridized carbons (Fsp3) is 0.615. The van der Waals surface area contributed by atoms with Gasteiger partial charge in [0, 0.05) is 16.5 Å². The molecule has 0 aliphatic carbocycles. The first-order valence-electron chi connectivity index (χ1n) is 6.30. The zero-order chi connectivity index (χ0) is 12.8. The van der Waals surface area contributed by atoms with Gasteiger partial charge in [-0.3, -0.25) is 4.79 Å². The summed E-state index contributed by atoms with van der Waals surface area (Å²) in [7, 11) is 0. The van der Waals surface area contributed by atoms with Gasteiger partial charge in [0.05, 0.1) is 6.61 Å². The maximum Gasteiger partial charge on any atom is 0.152 e. The molecule has 0 bridgehead atoms. The highest BCUT2D eigenvalue weighted by molar-refractivity contribution is 7.17. The van der Waals surface area contributed by atoms with Crippen LogP contribution in [0.25, 0.3) is 0 Å². The molecule has 1 fully saturated rings. The summed E-state index contributed by atoms with van der Waals surface area (Å²) in [5, 5.41) is 3.44. The Bertz CT molecular complexity index is 488. The molecule has 0 amide bonds. The van der Waals surface area contributed by atoms with E-state index in [1.807, 2.05) is 0 Å². The summed E-state index contributed by atoms with van der Waals surface area (Å²) in [6.07, 6.45) is 3.60.